The van der Waals surface area contributed by atoms with E-state index in [1.54, 1.807) is 0 Å². The average Bonchev–Trinajstić information content (AvgIpc) is 2.18. The maximum absolute atomic E-state index is 11.8. The quantitative estimate of drug-likeness (QED) is 0.688. The lowest BCUT2D eigenvalue weighted by molar-refractivity contribution is -0.00324. The van der Waals surface area contributed by atoms with Crippen LogP contribution in [0.4, 0.5) is 0 Å². The summed E-state index contributed by atoms with van der Waals surface area (Å²) in [4.78, 5) is 0. The molecule has 0 radical (unpaired) electrons. The van der Waals surface area contributed by atoms with Crippen molar-refractivity contribution in [3.8, 4) is 0 Å². The summed E-state index contributed by atoms with van der Waals surface area (Å²) < 4.78 is 29.0. The van der Waals surface area contributed by atoms with Crippen LogP contribution in [0.5, 0.6) is 0 Å². The number of hydrogen-bond acceptors (Lipinski definition) is 4. The van der Waals surface area contributed by atoms with Crippen molar-refractivity contribution in [3.05, 3.63) is 0 Å². The molecule has 2 unspecified atom stereocenters. The summed E-state index contributed by atoms with van der Waals surface area (Å²) in [5.41, 5.74) is 0. The second kappa shape index (κ2) is 4.16. The molecule has 14 heavy (non-hydrogen) atoms. The minimum absolute atomic E-state index is 0.256. The Bertz CT molecular complexity index is 282. The number of hydrogen-bond donors (Lipinski definition) is 1. The molecule has 82 valence electrons. The molecule has 2 aliphatic heterocycles. The van der Waals surface area contributed by atoms with Gasteiger partial charge in [-0.25, -0.2) is 8.42 Å². The Morgan fingerprint density at radius 3 is 2.71 bits per heavy atom. The molecule has 0 spiro atoms. The first-order chi connectivity index (χ1) is 6.70. The first-order valence-electron chi connectivity index (χ1n) is 5.27. The Hall–Kier alpha value is -0.130. The molecule has 0 aromatic heterocycles. The summed E-state index contributed by atoms with van der Waals surface area (Å²) in [6.45, 7) is 1.56. The molecule has 1 N–H and O–H groups in total. The molecule has 4 nitrogen and oxygen atoms in total. The van der Waals surface area contributed by atoms with Crippen LogP contribution in [0.1, 0.15) is 25.7 Å². The zero-order chi connectivity index (χ0) is 10.0. The van der Waals surface area contributed by atoms with E-state index in [1.165, 1.54) is 0 Å². The molecule has 0 aromatic carbocycles. The third-order valence-corrected chi connectivity index (χ3v) is 5.19. The third-order valence-electron chi connectivity index (χ3n) is 2.93. The molecule has 0 saturated carbocycles. The second-order valence-electron chi connectivity index (χ2n) is 4.00. The van der Waals surface area contributed by atoms with Crippen LogP contribution in [0.25, 0.3) is 0 Å². The van der Waals surface area contributed by atoms with Gasteiger partial charge in [0.15, 0.2) is 9.84 Å². The van der Waals surface area contributed by atoms with Gasteiger partial charge in [-0.05, 0) is 25.8 Å². The summed E-state index contributed by atoms with van der Waals surface area (Å²) in [6.07, 6.45) is 3.29. The van der Waals surface area contributed by atoms with Gasteiger partial charge in [0, 0.05) is 6.61 Å². The number of rotatable bonds is 1. The van der Waals surface area contributed by atoms with Crippen molar-refractivity contribution in [2.75, 3.05) is 18.9 Å². The Morgan fingerprint density at radius 2 is 2.07 bits per heavy atom. The predicted octanol–water partition coefficient (Wildman–Crippen LogP) is 0.290. The van der Waals surface area contributed by atoms with E-state index in [1.807, 2.05) is 0 Å². The van der Waals surface area contributed by atoms with Crippen LogP contribution >= 0.6 is 0 Å². The van der Waals surface area contributed by atoms with Crippen molar-refractivity contribution < 1.29 is 13.2 Å². The normalized spacial score (nSPS) is 38.0. The lowest BCUT2D eigenvalue weighted by atomic mass is 10.1. The summed E-state index contributed by atoms with van der Waals surface area (Å²) in [7, 11) is -2.91. The van der Waals surface area contributed by atoms with Crippen LogP contribution in [-0.4, -0.2) is 38.8 Å². The Kier molecular flexibility index (Phi) is 3.09. The minimum atomic E-state index is -2.91. The van der Waals surface area contributed by atoms with Gasteiger partial charge in [0.2, 0.25) is 0 Å². The summed E-state index contributed by atoms with van der Waals surface area (Å²) >= 11 is 0. The van der Waals surface area contributed by atoms with Crippen LogP contribution in [0, 0.1) is 0 Å². The van der Waals surface area contributed by atoms with Gasteiger partial charge in [0.25, 0.3) is 0 Å². The molecule has 0 amide bonds. The SMILES string of the molecule is O=S1(=O)CCCCC1C1NCCCO1. The smallest absolute Gasteiger partial charge is 0.157 e. The highest BCUT2D eigenvalue weighted by molar-refractivity contribution is 7.92. The van der Waals surface area contributed by atoms with Crippen LogP contribution in [-0.2, 0) is 14.6 Å². The monoisotopic (exact) mass is 219 g/mol. The van der Waals surface area contributed by atoms with E-state index in [-0.39, 0.29) is 11.5 Å². The second-order valence-corrected chi connectivity index (χ2v) is 6.34. The summed E-state index contributed by atoms with van der Waals surface area (Å²) in [5, 5.41) is 2.83. The van der Waals surface area contributed by atoms with Crippen molar-refractivity contribution in [2.24, 2.45) is 0 Å². The maximum Gasteiger partial charge on any atom is 0.157 e. The van der Waals surface area contributed by atoms with Crippen LogP contribution in [0.2, 0.25) is 0 Å². The van der Waals surface area contributed by atoms with Gasteiger partial charge >= 0.3 is 0 Å². The van der Waals surface area contributed by atoms with E-state index < -0.39 is 9.84 Å². The molecule has 2 aliphatic rings. The van der Waals surface area contributed by atoms with E-state index >= 15 is 0 Å². The van der Waals surface area contributed by atoms with Crippen molar-refractivity contribution in [2.45, 2.75) is 37.2 Å². The van der Waals surface area contributed by atoms with E-state index in [2.05, 4.69) is 5.32 Å². The Morgan fingerprint density at radius 1 is 1.21 bits per heavy atom. The van der Waals surface area contributed by atoms with E-state index in [0.717, 1.165) is 32.2 Å². The van der Waals surface area contributed by atoms with Crippen LogP contribution in [0.15, 0.2) is 0 Å². The summed E-state index contributed by atoms with van der Waals surface area (Å²) in [5.74, 6) is 0.333. The molecule has 5 heteroatoms. The van der Waals surface area contributed by atoms with Gasteiger partial charge < -0.3 is 4.74 Å². The highest BCUT2D eigenvalue weighted by atomic mass is 32.2. The molecule has 2 saturated heterocycles. The molecule has 2 rings (SSSR count). The molecule has 2 fully saturated rings. The van der Waals surface area contributed by atoms with E-state index in [0.29, 0.717) is 12.4 Å². The van der Waals surface area contributed by atoms with Gasteiger partial charge in [0.05, 0.1) is 5.75 Å². The fourth-order valence-corrected chi connectivity index (χ4v) is 4.13. The van der Waals surface area contributed by atoms with Gasteiger partial charge in [0.1, 0.15) is 11.5 Å². The average molecular weight is 219 g/mol. The maximum atomic E-state index is 11.8. The highest BCUT2D eigenvalue weighted by Gasteiger charge is 2.36. The lowest BCUT2D eigenvalue weighted by Crippen LogP contribution is -2.51. The topological polar surface area (TPSA) is 55.4 Å². The molecular weight excluding hydrogens is 202 g/mol. The number of ether oxygens (including phenoxy) is 1. The molecule has 2 atom stereocenters. The zero-order valence-corrected chi connectivity index (χ0v) is 9.05. The lowest BCUT2D eigenvalue weighted by Gasteiger charge is -2.33. The van der Waals surface area contributed by atoms with E-state index in [4.69, 9.17) is 4.74 Å². The molecule has 0 bridgehead atoms. The first kappa shape index (κ1) is 10.4. The first-order valence-corrected chi connectivity index (χ1v) is 6.98. The summed E-state index contributed by atoms with van der Waals surface area (Å²) in [6, 6.07) is 0. The predicted molar refractivity (Wildman–Crippen MR) is 53.8 cm³/mol. The third kappa shape index (κ3) is 2.10. The van der Waals surface area contributed by atoms with Gasteiger partial charge in [-0.3, -0.25) is 5.32 Å². The molecule has 2 heterocycles. The Balaban J connectivity index is 2.07. The highest BCUT2D eigenvalue weighted by Crippen LogP contribution is 2.23. The van der Waals surface area contributed by atoms with Gasteiger partial charge in [-0.1, -0.05) is 6.42 Å². The van der Waals surface area contributed by atoms with Crippen molar-refractivity contribution >= 4 is 9.84 Å². The molecule has 0 aromatic rings. The largest absolute Gasteiger partial charge is 0.362 e. The van der Waals surface area contributed by atoms with Gasteiger partial charge in [-0.15, -0.1) is 0 Å². The van der Waals surface area contributed by atoms with Crippen molar-refractivity contribution in [1.82, 2.24) is 5.32 Å². The van der Waals surface area contributed by atoms with Crippen molar-refractivity contribution in [3.63, 3.8) is 0 Å². The standard InChI is InChI=1S/C9H17NO3S/c11-14(12)7-2-1-4-8(14)9-10-5-3-6-13-9/h8-10H,1-7H2. The van der Waals surface area contributed by atoms with Crippen LogP contribution < -0.4 is 5.32 Å². The number of nitrogens with one attached hydrogen (secondary N) is 1. The zero-order valence-electron chi connectivity index (χ0n) is 8.24. The fraction of sp³-hybridized carbons (Fsp3) is 1.00. The van der Waals surface area contributed by atoms with Crippen molar-refractivity contribution in [1.29, 1.82) is 0 Å². The Labute approximate surface area is 84.9 Å². The van der Waals surface area contributed by atoms with Crippen LogP contribution in [0.3, 0.4) is 0 Å². The minimum Gasteiger partial charge on any atom is -0.362 e. The number of sulfone groups is 1. The fourth-order valence-electron chi connectivity index (χ4n) is 2.14. The van der Waals surface area contributed by atoms with Gasteiger partial charge in [-0.2, -0.15) is 0 Å². The van der Waals surface area contributed by atoms with E-state index in [9.17, 15) is 8.42 Å². The molecular formula is C9H17NO3S. The molecule has 0 aliphatic carbocycles.